The van der Waals surface area contributed by atoms with Gasteiger partial charge in [-0.15, -0.1) is 0 Å². The maximum atomic E-state index is 5.31. The molecule has 2 heterocycles. The average molecular weight is 278 g/mol. The summed E-state index contributed by atoms with van der Waals surface area (Å²) in [6.07, 6.45) is 3.38. The fraction of sp³-hybridized carbons (Fsp3) is 0.692. The summed E-state index contributed by atoms with van der Waals surface area (Å²) in [6, 6.07) is 0.285. The van der Waals surface area contributed by atoms with Crippen molar-refractivity contribution < 1.29 is 4.52 Å². The Bertz CT molecular complexity index is 513. The second kappa shape index (κ2) is 6.13. The Kier molecular flexibility index (Phi) is 4.49. The lowest BCUT2D eigenvalue weighted by Crippen LogP contribution is -2.42. The molecule has 20 heavy (non-hydrogen) atoms. The largest absolute Gasteiger partial charge is 0.339 e. The third-order valence-corrected chi connectivity index (χ3v) is 3.18. The molecule has 2 N–H and O–H groups in total. The van der Waals surface area contributed by atoms with Gasteiger partial charge in [-0.05, 0) is 18.4 Å². The number of hydrogen-bond donors (Lipinski definition) is 2. The molecule has 0 aliphatic carbocycles. The SMILES string of the molecule is CCCNC(Cc1nc(-c2cn[nH]n2)no1)C(C)(C)C. The van der Waals surface area contributed by atoms with Crippen LogP contribution >= 0.6 is 0 Å². The molecule has 0 aromatic carbocycles. The molecular weight excluding hydrogens is 256 g/mol. The normalized spacial score (nSPS) is 13.6. The van der Waals surface area contributed by atoms with Crippen molar-refractivity contribution in [2.45, 2.75) is 46.6 Å². The van der Waals surface area contributed by atoms with E-state index < -0.39 is 0 Å². The van der Waals surface area contributed by atoms with Crippen molar-refractivity contribution in [1.29, 1.82) is 0 Å². The van der Waals surface area contributed by atoms with Crippen LogP contribution in [0, 0.1) is 5.41 Å². The van der Waals surface area contributed by atoms with Crippen LogP contribution in [0.15, 0.2) is 10.7 Å². The van der Waals surface area contributed by atoms with Crippen molar-refractivity contribution in [3.05, 3.63) is 12.1 Å². The zero-order chi connectivity index (χ0) is 14.6. The maximum absolute atomic E-state index is 5.31. The molecule has 1 unspecified atom stereocenters. The summed E-state index contributed by atoms with van der Waals surface area (Å²) in [7, 11) is 0. The molecular formula is C13H22N6O. The van der Waals surface area contributed by atoms with Gasteiger partial charge in [-0.3, -0.25) is 0 Å². The van der Waals surface area contributed by atoms with Crippen LogP contribution in [0.4, 0.5) is 0 Å². The number of nitrogens with zero attached hydrogens (tertiary/aromatic N) is 4. The highest BCUT2D eigenvalue weighted by Gasteiger charge is 2.26. The zero-order valence-corrected chi connectivity index (χ0v) is 12.5. The molecule has 1 atom stereocenters. The molecule has 0 saturated carbocycles. The van der Waals surface area contributed by atoms with Crippen LogP contribution < -0.4 is 5.32 Å². The van der Waals surface area contributed by atoms with Crippen LogP contribution in [0.2, 0.25) is 0 Å². The molecule has 2 rings (SSSR count). The van der Waals surface area contributed by atoms with Gasteiger partial charge in [0.05, 0.1) is 6.20 Å². The third kappa shape index (κ3) is 3.63. The summed E-state index contributed by atoms with van der Waals surface area (Å²) in [5.74, 6) is 1.09. The molecule has 110 valence electrons. The van der Waals surface area contributed by atoms with Gasteiger partial charge in [-0.25, -0.2) is 0 Å². The maximum Gasteiger partial charge on any atom is 0.228 e. The minimum Gasteiger partial charge on any atom is -0.339 e. The lowest BCUT2D eigenvalue weighted by atomic mass is 9.84. The van der Waals surface area contributed by atoms with E-state index in [1.54, 1.807) is 6.20 Å². The Morgan fingerprint density at radius 3 is 2.80 bits per heavy atom. The topological polar surface area (TPSA) is 92.5 Å². The lowest BCUT2D eigenvalue weighted by Gasteiger charge is -2.30. The van der Waals surface area contributed by atoms with Gasteiger partial charge in [0.1, 0.15) is 0 Å². The molecule has 0 fully saturated rings. The van der Waals surface area contributed by atoms with Crippen molar-refractivity contribution in [1.82, 2.24) is 30.9 Å². The molecule has 7 heteroatoms. The Morgan fingerprint density at radius 1 is 1.40 bits per heavy atom. The van der Waals surface area contributed by atoms with Crippen molar-refractivity contribution in [2.75, 3.05) is 6.54 Å². The number of hydrogen-bond acceptors (Lipinski definition) is 6. The van der Waals surface area contributed by atoms with Crippen LogP contribution in [-0.2, 0) is 6.42 Å². The van der Waals surface area contributed by atoms with Crippen molar-refractivity contribution in [3.63, 3.8) is 0 Å². The van der Waals surface area contributed by atoms with Gasteiger partial charge in [0.15, 0.2) is 5.69 Å². The van der Waals surface area contributed by atoms with Gasteiger partial charge in [0, 0.05) is 12.5 Å². The predicted molar refractivity (Wildman–Crippen MR) is 74.9 cm³/mol. The molecule has 0 aliphatic heterocycles. The van der Waals surface area contributed by atoms with Gasteiger partial charge in [-0.2, -0.15) is 20.4 Å². The molecule has 0 amide bonds. The Labute approximate surface area is 118 Å². The van der Waals surface area contributed by atoms with Gasteiger partial charge >= 0.3 is 0 Å². The van der Waals surface area contributed by atoms with Crippen LogP contribution in [0.25, 0.3) is 11.5 Å². The number of aromatic nitrogens is 5. The van der Waals surface area contributed by atoms with Crippen molar-refractivity contribution in [3.8, 4) is 11.5 Å². The van der Waals surface area contributed by atoms with Crippen LogP contribution in [0.5, 0.6) is 0 Å². The van der Waals surface area contributed by atoms with E-state index in [1.165, 1.54) is 0 Å². The van der Waals surface area contributed by atoms with Gasteiger partial charge < -0.3 is 9.84 Å². The van der Waals surface area contributed by atoms with Gasteiger partial charge in [-0.1, -0.05) is 32.9 Å². The minimum absolute atomic E-state index is 0.123. The second-order valence-corrected chi connectivity index (χ2v) is 5.94. The standard InChI is InChI=1S/C13H22N6O/c1-5-6-14-10(13(2,3)4)7-11-16-12(18-20-11)9-8-15-19-17-9/h8,10,14H,5-7H2,1-4H3,(H,15,17,19). The van der Waals surface area contributed by atoms with Gasteiger partial charge in [0.2, 0.25) is 11.7 Å². The quantitative estimate of drug-likeness (QED) is 0.837. The molecule has 0 aliphatic rings. The summed E-state index contributed by atoms with van der Waals surface area (Å²) < 4.78 is 5.31. The number of rotatable bonds is 6. The fourth-order valence-electron chi connectivity index (χ4n) is 1.93. The lowest BCUT2D eigenvalue weighted by molar-refractivity contribution is 0.244. The predicted octanol–water partition coefficient (Wildman–Crippen LogP) is 1.81. The van der Waals surface area contributed by atoms with Crippen molar-refractivity contribution in [2.24, 2.45) is 5.41 Å². The number of nitrogens with one attached hydrogen (secondary N) is 2. The zero-order valence-electron chi connectivity index (χ0n) is 12.5. The molecule has 0 bridgehead atoms. The van der Waals surface area contributed by atoms with Crippen LogP contribution in [0.1, 0.15) is 40.0 Å². The van der Waals surface area contributed by atoms with Crippen LogP contribution in [0.3, 0.4) is 0 Å². The molecule has 2 aromatic rings. The summed E-state index contributed by atoms with van der Waals surface area (Å²) in [6.45, 7) is 9.74. The van der Waals surface area contributed by atoms with E-state index >= 15 is 0 Å². The second-order valence-electron chi connectivity index (χ2n) is 5.94. The molecule has 0 saturated heterocycles. The monoisotopic (exact) mass is 278 g/mol. The van der Waals surface area contributed by atoms with E-state index in [0.717, 1.165) is 13.0 Å². The average Bonchev–Trinajstić information content (AvgIpc) is 3.03. The smallest absolute Gasteiger partial charge is 0.228 e. The van der Waals surface area contributed by atoms with E-state index in [2.05, 4.69) is 58.6 Å². The van der Waals surface area contributed by atoms with E-state index in [1.807, 2.05) is 0 Å². The molecule has 0 radical (unpaired) electrons. The van der Waals surface area contributed by atoms with Gasteiger partial charge in [0.25, 0.3) is 0 Å². The first-order valence-corrected chi connectivity index (χ1v) is 6.93. The summed E-state index contributed by atoms with van der Waals surface area (Å²) in [5.41, 5.74) is 0.714. The Balaban J connectivity index is 2.07. The summed E-state index contributed by atoms with van der Waals surface area (Å²) >= 11 is 0. The first-order chi connectivity index (χ1) is 9.50. The van der Waals surface area contributed by atoms with E-state index in [-0.39, 0.29) is 11.5 Å². The molecule has 7 nitrogen and oxygen atoms in total. The molecule has 2 aromatic heterocycles. The minimum atomic E-state index is 0.123. The summed E-state index contributed by atoms with van der Waals surface area (Å²) in [4.78, 5) is 4.37. The highest BCUT2D eigenvalue weighted by atomic mass is 16.5. The van der Waals surface area contributed by atoms with Crippen LogP contribution in [-0.4, -0.2) is 38.1 Å². The first-order valence-electron chi connectivity index (χ1n) is 6.93. The first kappa shape index (κ1) is 14.6. The fourth-order valence-corrected chi connectivity index (χ4v) is 1.93. The highest BCUT2D eigenvalue weighted by Crippen LogP contribution is 2.23. The molecule has 0 spiro atoms. The van der Waals surface area contributed by atoms with E-state index in [0.29, 0.717) is 23.8 Å². The number of H-pyrrole nitrogens is 1. The Hall–Kier alpha value is -1.76. The number of aromatic amines is 1. The van der Waals surface area contributed by atoms with Crippen molar-refractivity contribution >= 4 is 0 Å². The highest BCUT2D eigenvalue weighted by molar-refractivity contribution is 5.44. The summed E-state index contributed by atoms with van der Waals surface area (Å²) in [5, 5.41) is 17.7. The van der Waals surface area contributed by atoms with E-state index in [9.17, 15) is 0 Å². The Morgan fingerprint density at radius 2 is 2.20 bits per heavy atom. The van der Waals surface area contributed by atoms with E-state index in [4.69, 9.17) is 4.52 Å². The third-order valence-electron chi connectivity index (χ3n) is 3.18.